The lowest BCUT2D eigenvalue weighted by Crippen LogP contribution is -2.14. The number of halogens is 1. The number of aromatic carboxylic acids is 1. The highest BCUT2D eigenvalue weighted by Gasteiger charge is 2.16. The largest absolute Gasteiger partial charge is 0.490 e. The van der Waals surface area contributed by atoms with E-state index in [1.54, 1.807) is 12.1 Å². The summed E-state index contributed by atoms with van der Waals surface area (Å²) in [6.07, 6.45) is 2.09. The quantitative estimate of drug-likeness (QED) is 0.410. The Balaban J connectivity index is 2.34. The van der Waals surface area contributed by atoms with Crippen LogP contribution in [0.1, 0.15) is 43.1 Å². The molecule has 1 atom stereocenters. The summed E-state index contributed by atoms with van der Waals surface area (Å²) >= 11 is 6.38. The van der Waals surface area contributed by atoms with Gasteiger partial charge in [0, 0.05) is 5.69 Å². The molecule has 2 N–H and O–H groups in total. The lowest BCUT2D eigenvalue weighted by molar-refractivity contribution is -0.112. The molecule has 1 unspecified atom stereocenters. The van der Waals surface area contributed by atoms with E-state index < -0.39 is 11.9 Å². The molecule has 2 aromatic carbocycles. The molecule has 0 bridgehead atoms. The fourth-order valence-corrected chi connectivity index (χ4v) is 2.84. The molecular formula is C23H23ClN2O5. The number of carbonyl (C=O) groups excluding carboxylic acids is 1. The number of amides is 1. The number of hydrogen-bond acceptors (Lipinski definition) is 5. The molecule has 0 fully saturated rings. The molecule has 7 nitrogen and oxygen atoms in total. The average Bonchev–Trinajstić information content (AvgIpc) is 2.74. The third-order valence-electron chi connectivity index (χ3n) is 4.27. The molecule has 0 heterocycles. The summed E-state index contributed by atoms with van der Waals surface area (Å²) in [7, 11) is 0. The van der Waals surface area contributed by atoms with Crippen LogP contribution in [0.2, 0.25) is 5.02 Å². The lowest BCUT2D eigenvalue weighted by atomic mass is 10.1. The zero-order chi connectivity index (χ0) is 23.0. The molecule has 2 rings (SSSR count). The lowest BCUT2D eigenvalue weighted by Gasteiger charge is -2.18. The molecule has 8 heteroatoms. The molecule has 0 aliphatic rings. The maximum Gasteiger partial charge on any atom is 0.335 e. The van der Waals surface area contributed by atoms with Crippen LogP contribution < -0.4 is 14.8 Å². The van der Waals surface area contributed by atoms with Crippen molar-refractivity contribution in [1.29, 1.82) is 5.26 Å². The first-order chi connectivity index (χ1) is 14.8. The molecule has 0 aliphatic carbocycles. The Labute approximate surface area is 185 Å². The monoisotopic (exact) mass is 442 g/mol. The van der Waals surface area contributed by atoms with E-state index in [2.05, 4.69) is 5.32 Å². The number of nitriles is 1. The molecule has 0 radical (unpaired) electrons. The van der Waals surface area contributed by atoms with E-state index in [-0.39, 0.29) is 22.9 Å². The van der Waals surface area contributed by atoms with E-state index in [0.717, 1.165) is 6.42 Å². The van der Waals surface area contributed by atoms with Gasteiger partial charge in [0.15, 0.2) is 11.5 Å². The van der Waals surface area contributed by atoms with Crippen molar-refractivity contribution < 1.29 is 24.2 Å². The van der Waals surface area contributed by atoms with Gasteiger partial charge in [0.1, 0.15) is 11.6 Å². The number of carboxylic acids is 1. The van der Waals surface area contributed by atoms with Crippen LogP contribution in [0, 0.1) is 11.3 Å². The SMILES string of the molecule is CCOc1cc(C=C(C#N)C(=O)Nc2cccc(C(=O)O)c2)cc(Cl)c1OC(C)CC. The van der Waals surface area contributed by atoms with Crippen molar-refractivity contribution in [3.05, 3.63) is 58.1 Å². The fourth-order valence-electron chi connectivity index (χ4n) is 2.58. The maximum absolute atomic E-state index is 12.5. The van der Waals surface area contributed by atoms with Crippen molar-refractivity contribution in [3.63, 3.8) is 0 Å². The zero-order valence-electron chi connectivity index (χ0n) is 17.4. The van der Waals surface area contributed by atoms with Crippen molar-refractivity contribution in [2.45, 2.75) is 33.3 Å². The first-order valence-corrected chi connectivity index (χ1v) is 10.1. The number of nitrogens with zero attached hydrogens (tertiary/aromatic N) is 1. The second-order valence-corrected chi connectivity index (χ2v) is 7.02. The van der Waals surface area contributed by atoms with Crippen LogP contribution >= 0.6 is 11.6 Å². The second kappa shape index (κ2) is 11.0. The number of carboxylic acid groups (broad SMARTS) is 1. The van der Waals surface area contributed by atoms with Gasteiger partial charge in [-0.2, -0.15) is 5.26 Å². The Morgan fingerprint density at radius 3 is 2.65 bits per heavy atom. The highest BCUT2D eigenvalue weighted by molar-refractivity contribution is 6.32. The summed E-state index contributed by atoms with van der Waals surface area (Å²) in [6.45, 7) is 6.10. The summed E-state index contributed by atoms with van der Waals surface area (Å²) in [5.74, 6) is -0.985. The third kappa shape index (κ3) is 6.49. The van der Waals surface area contributed by atoms with E-state index in [1.165, 1.54) is 30.3 Å². The molecule has 0 saturated heterocycles. The van der Waals surface area contributed by atoms with Gasteiger partial charge in [-0.1, -0.05) is 24.6 Å². The Hall–Kier alpha value is -3.50. The van der Waals surface area contributed by atoms with E-state index in [1.807, 2.05) is 26.8 Å². The number of anilines is 1. The average molecular weight is 443 g/mol. The van der Waals surface area contributed by atoms with Gasteiger partial charge >= 0.3 is 5.97 Å². The Bertz CT molecular complexity index is 1040. The molecule has 2 aromatic rings. The standard InChI is InChI=1S/C23H23ClN2O5/c1-4-14(3)31-21-19(24)10-15(11-20(21)30-5-2)9-17(13-25)22(27)26-18-8-6-7-16(12-18)23(28)29/h6-12,14H,4-5H2,1-3H3,(H,26,27)(H,28,29). The summed E-state index contributed by atoms with van der Waals surface area (Å²) in [5, 5.41) is 21.4. The number of nitrogens with one attached hydrogen (secondary N) is 1. The van der Waals surface area contributed by atoms with Crippen molar-refractivity contribution in [1.82, 2.24) is 0 Å². The molecular weight excluding hydrogens is 420 g/mol. The van der Waals surface area contributed by atoms with E-state index in [4.69, 9.17) is 26.2 Å². The molecule has 0 aromatic heterocycles. The summed E-state index contributed by atoms with van der Waals surface area (Å²) < 4.78 is 11.5. The van der Waals surface area contributed by atoms with Gasteiger partial charge in [-0.15, -0.1) is 0 Å². The molecule has 1 amide bonds. The van der Waals surface area contributed by atoms with Gasteiger partial charge in [-0.25, -0.2) is 4.79 Å². The van der Waals surface area contributed by atoms with E-state index in [0.29, 0.717) is 28.7 Å². The van der Waals surface area contributed by atoms with Crippen molar-refractivity contribution in [3.8, 4) is 17.6 Å². The third-order valence-corrected chi connectivity index (χ3v) is 4.55. The van der Waals surface area contributed by atoms with Crippen LogP contribution in [-0.2, 0) is 4.79 Å². The fraction of sp³-hybridized carbons (Fsp3) is 0.261. The predicted octanol–water partition coefficient (Wildman–Crippen LogP) is 5.16. The zero-order valence-corrected chi connectivity index (χ0v) is 18.2. The second-order valence-electron chi connectivity index (χ2n) is 6.61. The molecule has 0 saturated carbocycles. The number of ether oxygens (including phenoxy) is 2. The number of carbonyl (C=O) groups is 2. The molecule has 0 spiro atoms. The summed E-state index contributed by atoms with van der Waals surface area (Å²) in [6, 6.07) is 10.8. The molecule has 162 valence electrons. The number of hydrogen-bond donors (Lipinski definition) is 2. The highest BCUT2D eigenvalue weighted by Crippen LogP contribution is 2.38. The molecule has 0 aliphatic heterocycles. The Kier molecular flexibility index (Phi) is 8.47. The van der Waals surface area contributed by atoms with Crippen molar-refractivity contribution >= 4 is 35.2 Å². The van der Waals surface area contributed by atoms with Gasteiger partial charge < -0.3 is 19.9 Å². The van der Waals surface area contributed by atoms with Gasteiger partial charge in [0.2, 0.25) is 0 Å². The smallest absolute Gasteiger partial charge is 0.335 e. The predicted molar refractivity (Wildman–Crippen MR) is 119 cm³/mol. The minimum Gasteiger partial charge on any atom is -0.490 e. The maximum atomic E-state index is 12.5. The first kappa shape index (κ1) is 23.8. The van der Waals surface area contributed by atoms with Crippen molar-refractivity contribution in [2.75, 3.05) is 11.9 Å². The van der Waals surface area contributed by atoms with Gasteiger partial charge in [-0.05, 0) is 62.2 Å². The normalized spacial score (nSPS) is 11.9. The molecule has 31 heavy (non-hydrogen) atoms. The van der Waals surface area contributed by atoms with Crippen LogP contribution in [0.25, 0.3) is 6.08 Å². The van der Waals surface area contributed by atoms with Gasteiger partial charge in [-0.3, -0.25) is 4.79 Å². The van der Waals surface area contributed by atoms with Crippen LogP contribution in [0.5, 0.6) is 11.5 Å². The van der Waals surface area contributed by atoms with Crippen LogP contribution in [-0.4, -0.2) is 29.7 Å². The topological polar surface area (TPSA) is 109 Å². The highest BCUT2D eigenvalue weighted by atomic mass is 35.5. The summed E-state index contributed by atoms with van der Waals surface area (Å²) in [5.41, 5.74) is 0.576. The van der Waals surface area contributed by atoms with Crippen LogP contribution in [0.15, 0.2) is 42.0 Å². The summed E-state index contributed by atoms with van der Waals surface area (Å²) in [4.78, 5) is 23.6. The van der Waals surface area contributed by atoms with Gasteiger partial charge in [0.25, 0.3) is 5.91 Å². The Morgan fingerprint density at radius 2 is 2.03 bits per heavy atom. The minimum absolute atomic E-state index is 0.0188. The first-order valence-electron chi connectivity index (χ1n) is 9.68. The van der Waals surface area contributed by atoms with E-state index in [9.17, 15) is 14.9 Å². The Morgan fingerprint density at radius 1 is 1.29 bits per heavy atom. The van der Waals surface area contributed by atoms with Crippen molar-refractivity contribution in [2.24, 2.45) is 0 Å². The van der Waals surface area contributed by atoms with Gasteiger partial charge in [0.05, 0.1) is 23.3 Å². The minimum atomic E-state index is -1.12. The number of benzene rings is 2. The van der Waals surface area contributed by atoms with E-state index >= 15 is 0 Å². The van der Waals surface area contributed by atoms with Crippen LogP contribution in [0.4, 0.5) is 5.69 Å². The van der Waals surface area contributed by atoms with Crippen LogP contribution in [0.3, 0.4) is 0 Å². The number of rotatable bonds is 9.